The molecular weight excluding hydrogens is 320 g/mol. The number of urea groups is 1. The van der Waals surface area contributed by atoms with Crippen LogP contribution in [0.5, 0.6) is 0 Å². The van der Waals surface area contributed by atoms with Crippen LogP contribution in [0.25, 0.3) is 0 Å². The fraction of sp³-hybridized carbons (Fsp3) is 0.733. The van der Waals surface area contributed by atoms with Crippen molar-refractivity contribution in [1.82, 2.24) is 10.6 Å². The van der Waals surface area contributed by atoms with Crippen molar-refractivity contribution < 1.29 is 34.5 Å². The molecule has 0 spiro atoms. The molecule has 0 heterocycles. The lowest BCUT2D eigenvalue weighted by molar-refractivity contribution is -0.140. The Balaban J connectivity index is 4.45. The molecular formula is C15H26N2O7. The van der Waals surface area contributed by atoms with Gasteiger partial charge in [0.25, 0.3) is 0 Å². The molecule has 138 valence electrons. The summed E-state index contributed by atoms with van der Waals surface area (Å²) in [5, 5.41) is 30.9. The predicted molar refractivity (Wildman–Crippen MR) is 84.7 cm³/mol. The summed E-state index contributed by atoms with van der Waals surface area (Å²) in [6.07, 6.45) is 1.94. The molecule has 2 atom stereocenters. The first-order chi connectivity index (χ1) is 11.1. The first kappa shape index (κ1) is 21.7. The van der Waals surface area contributed by atoms with Crippen LogP contribution >= 0.6 is 0 Å². The third kappa shape index (κ3) is 10.4. The number of carboxylic acid groups (broad SMARTS) is 3. The quantitative estimate of drug-likeness (QED) is 0.333. The van der Waals surface area contributed by atoms with Crippen molar-refractivity contribution in [3.05, 3.63) is 0 Å². The molecule has 0 aromatic carbocycles. The Bertz CT molecular complexity index is 451. The number of carbonyl (C=O) groups excluding carboxylic acids is 1. The van der Waals surface area contributed by atoms with Gasteiger partial charge in [0.1, 0.15) is 12.1 Å². The van der Waals surface area contributed by atoms with Crippen molar-refractivity contribution in [1.29, 1.82) is 0 Å². The fourth-order valence-corrected chi connectivity index (χ4v) is 2.04. The highest BCUT2D eigenvalue weighted by Crippen LogP contribution is 2.10. The van der Waals surface area contributed by atoms with Crippen molar-refractivity contribution in [2.24, 2.45) is 5.92 Å². The number of nitrogens with one attached hydrogen (secondary N) is 2. The molecule has 0 aromatic heterocycles. The summed E-state index contributed by atoms with van der Waals surface area (Å²) in [5.74, 6) is -3.26. The molecule has 9 heteroatoms. The van der Waals surface area contributed by atoms with E-state index in [4.69, 9.17) is 15.3 Å². The maximum Gasteiger partial charge on any atom is 0.326 e. The number of unbranched alkanes of at least 4 members (excludes halogenated alkanes) is 1. The maximum atomic E-state index is 11.8. The number of amides is 2. The summed E-state index contributed by atoms with van der Waals surface area (Å²) in [6.45, 7) is 4.12. The third-order valence-corrected chi connectivity index (χ3v) is 3.38. The van der Waals surface area contributed by atoms with Gasteiger partial charge in [0, 0.05) is 6.42 Å². The minimum atomic E-state index is -1.39. The Morgan fingerprint density at radius 3 is 1.67 bits per heavy atom. The Hall–Kier alpha value is -2.32. The number of aliphatic carboxylic acids is 3. The Morgan fingerprint density at radius 1 is 0.792 bits per heavy atom. The molecule has 0 unspecified atom stereocenters. The van der Waals surface area contributed by atoms with Gasteiger partial charge in [0.05, 0.1) is 0 Å². The van der Waals surface area contributed by atoms with Crippen LogP contribution in [0.15, 0.2) is 0 Å². The molecule has 0 aliphatic heterocycles. The molecule has 0 bridgehead atoms. The average molecular weight is 346 g/mol. The summed E-state index contributed by atoms with van der Waals surface area (Å²) < 4.78 is 0. The van der Waals surface area contributed by atoms with E-state index in [1.807, 2.05) is 0 Å². The maximum absolute atomic E-state index is 11.8. The van der Waals surface area contributed by atoms with E-state index < -0.39 is 42.4 Å². The van der Waals surface area contributed by atoms with E-state index in [0.29, 0.717) is 12.3 Å². The van der Waals surface area contributed by atoms with E-state index in [2.05, 4.69) is 24.5 Å². The monoisotopic (exact) mass is 346 g/mol. The van der Waals surface area contributed by atoms with Gasteiger partial charge in [0.15, 0.2) is 0 Å². The molecule has 0 aliphatic carbocycles. The molecule has 0 saturated carbocycles. The van der Waals surface area contributed by atoms with Gasteiger partial charge in [-0.25, -0.2) is 14.4 Å². The van der Waals surface area contributed by atoms with Crippen LogP contribution in [-0.2, 0) is 14.4 Å². The van der Waals surface area contributed by atoms with Crippen LogP contribution in [0, 0.1) is 5.92 Å². The van der Waals surface area contributed by atoms with Crippen molar-refractivity contribution in [2.75, 3.05) is 0 Å². The lowest BCUT2D eigenvalue weighted by Crippen LogP contribution is -2.51. The number of hydrogen-bond donors (Lipinski definition) is 5. The Labute approximate surface area is 140 Å². The molecule has 0 rings (SSSR count). The van der Waals surface area contributed by atoms with Crippen molar-refractivity contribution in [3.63, 3.8) is 0 Å². The topological polar surface area (TPSA) is 153 Å². The van der Waals surface area contributed by atoms with Gasteiger partial charge in [-0.15, -0.1) is 0 Å². The number of carboxylic acids is 3. The van der Waals surface area contributed by atoms with Crippen LogP contribution in [-0.4, -0.2) is 51.3 Å². The van der Waals surface area contributed by atoms with Crippen LogP contribution in [0.3, 0.4) is 0 Å². The normalized spacial score (nSPS) is 13.1. The zero-order valence-corrected chi connectivity index (χ0v) is 13.9. The highest BCUT2D eigenvalue weighted by Gasteiger charge is 2.24. The Kier molecular flexibility index (Phi) is 10.2. The van der Waals surface area contributed by atoms with Crippen molar-refractivity contribution in [3.8, 4) is 0 Å². The summed E-state index contributed by atoms with van der Waals surface area (Å²) in [5.41, 5.74) is 0. The molecule has 0 aliphatic rings. The van der Waals surface area contributed by atoms with E-state index in [0.717, 1.165) is 12.8 Å². The van der Waals surface area contributed by atoms with Gasteiger partial charge in [0.2, 0.25) is 0 Å². The molecule has 0 fully saturated rings. The minimum absolute atomic E-state index is 0.238. The second kappa shape index (κ2) is 11.3. The number of rotatable bonds is 12. The van der Waals surface area contributed by atoms with Gasteiger partial charge in [-0.05, 0) is 18.8 Å². The molecule has 0 aromatic rings. The van der Waals surface area contributed by atoms with E-state index in [-0.39, 0.29) is 12.8 Å². The largest absolute Gasteiger partial charge is 0.481 e. The SMILES string of the molecule is CC(C)CCCC[C@H](NC(=O)N[C@@H](CCC(=O)O)C(=O)O)C(=O)O. The fourth-order valence-electron chi connectivity index (χ4n) is 2.04. The zero-order chi connectivity index (χ0) is 18.7. The van der Waals surface area contributed by atoms with Gasteiger partial charge < -0.3 is 26.0 Å². The molecule has 0 saturated heterocycles. The number of carbonyl (C=O) groups is 4. The second-order valence-corrected chi connectivity index (χ2v) is 6.01. The Morgan fingerprint density at radius 2 is 1.25 bits per heavy atom. The highest BCUT2D eigenvalue weighted by molar-refractivity contribution is 5.86. The van der Waals surface area contributed by atoms with Gasteiger partial charge in [-0.1, -0.05) is 33.1 Å². The van der Waals surface area contributed by atoms with Crippen LogP contribution in [0.2, 0.25) is 0 Å². The van der Waals surface area contributed by atoms with Crippen LogP contribution < -0.4 is 10.6 Å². The molecule has 2 amide bonds. The second-order valence-electron chi connectivity index (χ2n) is 6.01. The third-order valence-electron chi connectivity index (χ3n) is 3.38. The average Bonchev–Trinajstić information content (AvgIpc) is 2.45. The molecule has 9 nitrogen and oxygen atoms in total. The minimum Gasteiger partial charge on any atom is -0.481 e. The molecule has 0 radical (unpaired) electrons. The van der Waals surface area contributed by atoms with Gasteiger partial charge >= 0.3 is 23.9 Å². The molecule has 24 heavy (non-hydrogen) atoms. The molecule has 5 N–H and O–H groups in total. The highest BCUT2D eigenvalue weighted by atomic mass is 16.4. The van der Waals surface area contributed by atoms with Crippen LogP contribution in [0.4, 0.5) is 4.79 Å². The summed E-state index contributed by atoms with van der Waals surface area (Å²) in [4.78, 5) is 44.4. The zero-order valence-electron chi connectivity index (χ0n) is 13.9. The first-order valence-electron chi connectivity index (χ1n) is 7.88. The van der Waals surface area contributed by atoms with E-state index in [1.165, 1.54) is 0 Å². The lowest BCUT2D eigenvalue weighted by Gasteiger charge is -2.18. The summed E-state index contributed by atoms with van der Waals surface area (Å²) in [7, 11) is 0. The van der Waals surface area contributed by atoms with Crippen molar-refractivity contribution in [2.45, 2.75) is 64.5 Å². The van der Waals surface area contributed by atoms with E-state index in [9.17, 15) is 19.2 Å². The standard InChI is InChI=1S/C15H26N2O7/c1-9(2)5-3-4-6-10(13(20)21)16-15(24)17-11(14(22)23)7-8-12(18)19/h9-11H,3-8H2,1-2H3,(H,18,19)(H,20,21)(H,22,23)(H2,16,17,24)/t10-,11-/m0/s1. The smallest absolute Gasteiger partial charge is 0.326 e. The van der Waals surface area contributed by atoms with Gasteiger partial charge in [-0.2, -0.15) is 0 Å². The summed E-state index contributed by atoms with van der Waals surface area (Å²) >= 11 is 0. The van der Waals surface area contributed by atoms with Crippen LogP contribution in [0.1, 0.15) is 52.4 Å². The van der Waals surface area contributed by atoms with E-state index in [1.54, 1.807) is 0 Å². The lowest BCUT2D eigenvalue weighted by atomic mass is 10.0. The number of hydrogen-bond acceptors (Lipinski definition) is 4. The predicted octanol–water partition coefficient (Wildman–Crippen LogP) is 1.27. The van der Waals surface area contributed by atoms with Crippen molar-refractivity contribution >= 4 is 23.9 Å². The van der Waals surface area contributed by atoms with Gasteiger partial charge in [-0.3, -0.25) is 4.79 Å². The van der Waals surface area contributed by atoms with E-state index >= 15 is 0 Å². The first-order valence-corrected chi connectivity index (χ1v) is 7.88. The summed E-state index contributed by atoms with van der Waals surface area (Å²) in [6, 6.07) is -3.45.